The van der Waals surface area contributed by atoms with Crippen LogP contribution in [-0.4, -0.2) is 35.5 Å². The number of alkyl carbamates (subject to hydrolysis) is 1. The van der Waals surface area contributed by atoms with E-state index in [1.54, 1.807) is 20.8 Å². The predicted molar refractivity (Wildman–Crippen MR) is 123 cm³/mol. The number of carbonyl (C=O) groups excluding carboxylic acids is 1. The summed E-state index contributed by atoms with van der Waals surface area (Å²) in [6.07, 6.45) is -1.67. The average Bonchev–Trinajstić information content (AvgIpc) is 2.67. The lowest BCUT2D eigenvalue weighted by atomic mass is 10.0. The van der Waals surface area contributed by atoms with Gasteiger partial charge in [-0.15, -0.1) is 0 Å². The van der Waals surface area contributed by atoms with Crippen molar-refractivity contribution in [2.75, 3.05) is 6.54 Å². The van der Waals surface area contributed by atoms with Crippen LogP contribution >= 0.6 is 0 Å². The second kappa shape index (κ2) is 13.1. The first kappa shape index (κ1) is 27.5. The Morgan fingerprint density at radius 1 is 1.06 bits per heavy atom. The highest BCUT2D eigenvalue weighted by Gasteiger charge is 2.25. The van der Waals surface area contributed by atoms with Crippen LogP contribution in [0, 0.1) is 18.6 Å². The van der Waals surface area contributed by atoms with E-state index in [9.17, 15) is 18.7 Å². The molecule has 7 heteroatoms. The Labute approximate surface area is 190 Å². The van der Waals surface area contributed by atoms with E-state index < -0.39 is 35.5 Å². The highest BCUT2D eigenvalue weighted by molar-refractivity contribution is 5.68. The van der Waals surface area contributed by atoms with Crippen molar-refractivity contribution in [2.24, 2.45) is 0 Å². The molecule has 0 radical (unpaired) electrons. The number of rotatable bonds is 8. The lowest BCUT2D eigenvalue weighted by molar-refractivity contribution is 0.0422. The fraction of sp³-hybridized carbons (Fsp3) is 0.480. The second-order valence-electron chi connectivity index (χ2n) is 8.42. The van der Waals surface area contributed by atoms with Crippen LogP contribution in [0.5, 0.6) is 0 Å². The molecular formula is C25H36F2N2O3. The molecule has 0 aliphatic carbocycles. The fourth-order valence-corrected chi connectivity index (χ4v) is 3.05. The zero-order valence-corrected chi connectivity index (χ0v) is 19.8. The number of carbonyl (C=O) groups is 1. The minimum atomic E-state index is -1.01. The molecule has 0 aromatic heterocycles. The summed E-state index contributed by atoms with van der Waals surface area (Å²) in [7, 11) is 0. The minimum absolute atomic E-state index is 0.0429. The van der Waals surface area contributed by atoms with Gasteiger partial charge in [-0.1, -0.05) is 43.7 Å². The molecule has 0 bridgehead atoms. The molecule has 0 spiro atoms. The summed E-state index contributed by atoms with van der Waals surface area (Å²) in [5.41, 5.74) is 1.80. The minimum Gasteiger partial charge on any atom is -0.444 e. The molecule has 32 heavy (non-hydrogen) atoms. The van der Waals surface area contributed by atoms with E-state index in [4.69, 9.17) is 4.74 Å². The van der Waals surface area contributed by atoms with Crippen LogP contribution in [0.1, 0.15) is 51.3 Å². The van der Waals surface area contributed by atoms with Crippen LogP contribution < -0.4 is 10.6 Å². The number of ether oxygens (including phenoxy) is 1. The smallest absolute Gasteiger partial charge is 0.407 e. The number of nitrogens with one attached hydrogen (secondary N) is 2. The largest absolute Gasteiger partial charge is 0.444 e. The molecule has 0 saturated carbocycles. The Bertz CT molecular complexity index is 833. The van der Waals surface area contributed by atoms with Crippen LogP contribution in [0.3, 0.4) is 0 Å². The molecule has 2 unspecified atom stereocenters. The van der Waals surface area contributed by atoms with Gasteiger partial charge in [0.05, 0.1) is 12.1 Å². The Kier molecular flexibility index (Phi) is 11.3. The van der Waals surface area contributed by atoms with Crippen LogP contribution in [0.4, 0.5) is 13.6 Å². The van der Waals surface area contributed by atoms with Crippen molar-refractivity contribution in [2.45, 2.75) is 72.3 Å². The number of aryl methyl sites for hydroxylation is 1. The molecule has 0 aliphatic heterocycles. The van der Waals surface area contributed by atoms with E-state index in [0.717, 1.165) is 17.2 Å². The lowest BCUT2D eigenvalue weighted by Crippen LogP contribution is -2.49. The molecule has 0 saturated heterocycles. The summed E-state index contributed by atoms with van der Waals surface area (Å²) in [5.74, 6) is -1.43. The first-order valence-corrected chi connectivity index (χ1v) is 10.9. The monoisotopic (exact) mass is 450 g/mol. The summed E-state index contributed by atoms with van der Waals surface area (Å²) in [6.45, 7) is 11.9. The van der Waals surface area contributed by atoms with E-state index in [1.165, 1.54) is 12.1 Å². The second-order valence-corrected chi connectivity index (χ2v) is 8.42. The molecule has 1 amide bonds. The van der Waals surface area contributed by atoms with Gasteiger partial charge in [0.2, 0.25) is 0 Å². The number of hydrogen-bond donors (Lipinski definition) is 3. The third-order valence-electron chi connectivity index (χ3n) is 4.31. The molecular weight excluding hydrogens is 414 g/mol. The van der Waals surface area contributed by atoms with Gasteiger partial charge in [0, 0.05) is 19.2 Å². The van der Waals surface area contributed by atoms with Crippen LogP contribution in [0.2, 0.25) is 0 Å². The van der Waals surface area contributed by atoms with Crippen molar-refractivity contribution in [3.63, 3.8) is 0 Å². The van der Waals surface area contributed by atoms with Crippen molar-refractivity contribution in [1.82, 2.24) is 10.6 Å². The topological polar surface area (TPSA) is 70.6 Å². The van der Waals surface area contributed by atoms with Gasteiger partial charge < -0.3 is 20.5 Å². The van der Waals surface area contributed by atoms with Crippen molar-refractivity contribution in [1.29, 1.82) is 0 Å². The Morgan fingerprint density at radius 2 is 1.69 bits per heavy atom. The standard InChI is InChI=1S/C23H30F2N2O3.C2H6/c1-15-6-5-7-16(8-15)13-26-14-21(28)20(27-22(29)30-23(2,3)4)11-17-9-18(24)12-19(25)10-17;1-2/h5-10,12,20-21,26,28H,11,13-14H2,1-4H3,(H,27,29);1-2H3. The summed E-state index contributed by atoms with van der Waals surface area (Å²) in [5, 5.41) is 16.4. The van der Waals surface area contributed by atoms with Gasteiger partial charge in [-0.05, 0) is 57.4 Å². The van der Waals surface area contributed by atoms with Crippen LogP contribution in [-0.2, 0) is 17.7 Å². The van der Waals surface area contributed by atoms with Crippen molar-refractivity contribution >= 4 is 6.09 Å². The van der Waals surface area contributed by atoms with E-state index in [2.05, 4.69) is 10.6 Å². The SMILES string of the molecule is CC.Cc1cccc(CNCC(O)C(Cc2cc(F)cc(F)c2)NC(=O)OC(C)(C)C)c1. The maximum Gasteiger partial charge on any atom is 0.407 e. The molecule has 5 nitrogen and oxygen atoms in total. The number of halogens is 2. The Balaban J connectivity index is 0.00000249. The maximum absolute atomic E-state index is 13.6. The highest BCUT2D eigenvalue weighted by atomic mass is 19.1. The molecule has 0 aliphatic rings. The predicted octanol–water partition coefficient (Wildman–Crippen LogP) is 4.89. The van der Waals surface area contributed by atoms with Gasteiger partial charge in [0.15, 0.2) is 0 Å². The summed E-state index contributed by atoms with van der Waals surface area (Å²) < 4.78 is 32.4. The first-order valence-electron chi connectivity index (χ1n) is 10.9. The quantitative estimate of drug-likeness (QED) is 0.536. The third-order valence-corrected chi connectivity index (χ3v) is 4.31. The van der Waals surface area contributed by atoms with Gasteiger partial charge in [0.25, 0.3) is 0 Å². The summed E-state index contributed by atoms with van der Waals surface area (Å²) in [6, 6.07) is 10.3. The van der Waals surface area contributed by atoms with E-state index in [-0.39, 0.29) is 13.0 Å². The molecule has 178 valence electrons. The average molecular weight is 451 g/mol. The number of hydrogen-bond acceptors (Lipinski definition) is 4. The van der Waals surface area contributed by atoms with E-state index in [0.29, 0.717) is 12.1 Å². The van der Waals surface area contributed by atoms with E-state index in [1.807, 2.05) is 45.0 Å². The van der Waals surface area contributed by atoms with Crippen LogP contribution in [0.15, 0.2) is 42.5 Å². The molecule has 2 aromatic rings. The molecule has 2 aromatic carbocycles. The normalized spacial score (nSPS) is 12.9. The Morgan fingerprint density at radius 3 is 2.25 bits per heavy atom. The molecule has 2 rings (SSSR count). The number of aliphatic hydroxyl groups excluding tert-OH is 1. The van der Waals surface area contributed by atoms with Gasteiger partial charge in [-0.3, -0.25) is 0 Å². The highest BCUT2D eigenvalue weighted by Crippen LogP contribution is 2.13. The summed E-state index contributed by atoms with van der Waals surface area (Å²) >= 11 is 0. The van der Waals surface area contributed by atoms with Crippen molar-refractivity contribution < 1.29 is 23.4 Å². The molecule has 3 N–H and O–H groups in total. The first-order chi connectivity index (χ1) is 15.0. The molecule has 0 fully saturated rings. The van der Waals surface area contributed by atoms with Gasteiger partial charge >= 0.3 is 6.09 Å². The van der Waals surface area contributed by atoms with Gasteiger partial charge in [-0.25, -0.2) is 13.6 Å². The zero-order valence-electron chi connectivity index (χ0n) is 19.8. The van der Waals surface area contributed by atoms with Crippen LogP contribution in [0.25, 0.3) is 0 Å². The van der Waals surface area contributed by atoms with Crippen molar-refractivity contribution in [3.05, 3.63) is 70.8 Å². The van der Waals surface area contributed by atoms with E-state index >= 15 is 0 Å². The third kappa shape index (κ3) is 10.7. The number of aliphatic hydroxyl groups is 1. The summed E-state index contributed by atoms with van der Waals surface area (Å²) in [4.78, 5) is 12.2. The Hall–Kier alpha value is -2.51. The van der Waals surface area contributed by atoms with Gasteiger partial charge in [-0.2, -0.15) is 0 Å². The molecule has 2 atom stereocenters. The van der Waals surface area contributed by atoms with Gasteiger partial charge in [0.1, 0.15) is 17.2 Å². The lowest BCUT2D eigenvalue weighted by Gasteiger charge is -2.27. The number of amides is 1. The van der Waals surface area contributed by atoms with Crippen molar-refractivity contribution in [3.8, 4) is 0 Å². The maximum atomic E-state index is 13.6. The fourth-order valence-electron chi connectivity index (χ4n) is 3.05. The number of benzene rings is 2. The zero-order chi connectivity index (χ0) is 24.3. The molecule has 0 heterocycles.